The van der Waals surface area contributed by atoms with Crippen LogP contribution < -0.4 is 5.43 Å². The number of likely N-dealkylation sites (N-methyl/N-ethyl adjacent to an activating group) is 1. The molecule has 0 saturated carbocycles. The summed E-state index contributed by atoms with van der Waals surface area (Å²) in [6.07, 6.45) is 2.62. The molecule has 24 heavy (non-hydrogen) atoms. The molecule has 6 nitrogen and oxygen atoms in total. The molecule has 2 heterocycles. The van der Waals surface area contributed by atoms with Crippen LogP contribution in [0, 0.1) is 0 Å². The fourth-order valence-corrected chi connectivity index (χ4v) is 2.79. The molecule has 1 amide bonds. The first-order valence-corrected chi connectivity index (χ1v) is 8.34. The van der Waals surface area contributed by atoms with E-state index >= 15 is 0 Å². The maximum Gasteiger partial charge on any atom is 0.254 e. The van der Waals surface area contributed by atoms with Crippen LogP contribution in [0.25, 0.3) is 10.9 Å². The molecule has 1 N–H and O–H groups in total. The highest BCUT2D eigenvalue weighted by atomic mass is 16.2. The summed E-state index contributed by atoms with van der Waals surface area (Å²) in [6, 6.07) is 9.54. The Morgan fingerprint density at radius 2 is 2.04 bits per heavy atom. The van der Waals surface area contributed by atoms with Gasteiger partial charge in [0, 0.05) is 37.8 Å². The Labute approximate surface area is 142 Å². The molecule has 0 radical (unpaired) electrons. The topological polar surface area (TPSA) is 60.8 Å². The summed E-state index contributed by atoms with van der Waals surface area (Å²) < 4.78 is 0. The third kappa shape index (κ3) is 3.54. The second kappa shape index (κ2) is 7.40. The second-order valence-corrected chi connectivity index (χ2v) is 6.00. The van der Waals surface area contributed by atoms with Gasteiger partial charge in [-0.1, -0.05) is 25.1 Å². The van der Waals surface area contributed by atoms with E-state index < -0.39 is 0 Å². The van der Waals surface area contributed by atoms with E-state index in [0.717, 1.165) is 43.5 Å². The maximum atomic E-state index is 13.0. The van der Waals surface area contributed by atoms with Crippen molar-refractivity contribution in [1.29, 1.82) is 0 Å². The van der Waals surface area contributed by atoms with Crippen LogP contribution in [0.15, 0.2) is 35.4 Å². The Hall–Kier alpha value is -2.47. The molecule has 1 aliphatic rings. The quantitative estimate of drug-likeness (QED) is 0.693. The second-order valence-electron chi connectivity index (χ2n) is 6.00. The molecule has 0 atom stereocenters. The lowest BCUT2D eigenvalue weighted by Gasteiger charge is -2.32. The number of nitrogens with one attached hydrogen (secondary N) is 1. The molecule has 0 bridgehead atoms. The van der Waals surface area contributed by atoms with Crippen LogP contribution in [0.5, 0.6) is 0 Å². The van der Waals surface area contributed by atoms with Crippen molar-refractivity contribution in [3.8, 4) is 0 Å². The summed E-state index contributed by atoms with van der Waals surface area (Å²) >= 11 is 0. The Morgan fingerprint density at radius 1 is 1.29 bits per heavy atom. The van der Waals surface area contributed by atoms with Gasteiger partial charge in [0.15, 0.2) is 0 Å². The van der Waals surface area contributed by atoms with Crippen LogP contribution in [0.4, 0.5) is 5.82 Å². The number of hydrogen-bond donors (Lipinski definition) is 1. The molecule has 0 unspecified atom stereocenters. The van der Waals surface area contributed by atoms with Gasteiger partial charge in [-0.25, -0.2) is 4.98 Å². The van der Waals surface area contributed by atoms with Crippen molar-refractivity contribution in [2.45, 2.75) is 13.3 Å². The number of amides is 1. The van der Waals surface area contributed by atoms with E-state index in [1.165, 1.54) is 0 Å². The third-order valence-electron chi connectivity index (χ3n) is 4.19. The molecule has 0 aliphatic carbocycles. The molecule has 2 aromatic rings. The average Bonchev–Trinajstić information content (AvgIpc) is 2.61. The van der Waals surface area contributed by atoms with Crippen LogP contribution >= 0.6 is 0 Å². The molecule has 6 heteroatoms. The van der Waals surface area contributed by atoms with E-state index in [9.17, 15) is 4.79 Å². The number of carbonyl (C=O) groups excluding carboxylic acids is 1. The summed E-state index contributed by atoms with van der Waals surface area (Å²) in [5.74, 6) is 0.653. The molecular weight excluding hydrogens is 302 g/mol. The first kappa shape index (κ1) is 16.4. The van der Waals surface area contributed by atoms with Gasteiger partial charge in [0.2, 0.25) is 0 Å². The first-order chi connectivity index (χ1) is 11.7. The molecule has 3 rings (SSSR count). The van der Waals surface area contributed by atoms with Crippen LogP contribution in [0.2, 0.25) is 0 Å². The third-order valence-corrected chi connectivity index (χ3v) is 4.19. The van der Waals surface area contributed by atoms with Gasteiger partial charge >= 0.3 is 0 Å². The standard InChI is InChI=1S/C18H23N5O/c1-3-8-19-21-17-13-15(14-6-4-5-7-16(14)20-17)18(24)23-11-9-22(2)10-12-23/h4-8,13H,3,9-12H2,1-2H3,(H,20,21)/b19-8+. The predicted octanol–water partition coefficient (Wildman–Crippen LogP) is 2.43. The van der Waals surface area contributed by atoms with Crippen molar-refractivity contribution in [1.82, 2.24) is 14.8 Å². The summed E-state index contributed by atoms with van der Waals surface area (Å²) in [5, 5.41) is 5.00. The minimum atomic E-state index is 0.0595. The molecule has 1 fully saturated rings. The van der Waals surface area contributed by atoms with Crippen molar-refractivity contribution >= 4 is 28.8 Å². The first-order valence-electron chi connectivity index (χ1n) is 8.34. The van der Waals surface area contributed by atoms with Gasteiger partial charge in [-0.15, -0.1) is 0 Å². The summed E-state index contributed by atoms with van der Waals surface area (Å²) in [4.78, 5) is 21.7. The smallest absolute Gasteiger partial charge is 0.254 e. The predicted molar refractivity (Wildman–Crippen MR) is 97.5 cm³/mol. The molecule has 1 aromatic carbocycles. The minimum absolute atomic E-state index is 0.0595. The Kier molecular flexibility index (Phi) is 5.05. The molecule has 0 spiro atoms. The van der Waals surface area contributed by atoms with Gasteiger partial charge in [0.05, 0.1) is 11.1 Å². The normalized spacial score (nSPS) is 16.0. The average molecular weight is 325 g/mol. The zero-order valence-corrected chi connectivity index (χ0v) is 14.2. The van der Waals surface area contributed by atoms with Crippen molar-refractivity contribution in [2.24, 2.45) is 5.10 Å². The largest absolute Gasteiger partial charge is 0.336 e. The van der Waals surface area contributed by atoms with Crippen molar-refractivity contribution in [2.75, 3.05) is 38.7 Å². The lowest BCUT2D eigenvalue weighted by Crippen LogP contribution is -2.47. The number of pyridine rings is 1. The SMILES string of the molecule is CC/C=N/Nc1cc(C(=O)N2CCN(C)CC2)c2ccccc2n1. The van der Waals surface area contributed by atoms with Crippen molar-refractivity contribution in [3.05, 3.63) is 35.9 Å². The number of nitrogens with zero attached hydrogens (tertiary/aromatic N) is 4. The summed E-state index contributed by atoms with van der Waals surface area (Å²) in [6.45, 7) is 5.33. The van der Waals surface area contributed by atoms with E-state index in [0.29, 0.717) is 11.4 Å². The number of hydrogen-bond acceptors (Lipinski definition) is 5. The van der Waals surface area contributed by atoms with Crippen LogP contribution in [-0.4, -0.2) is 60.1 Å². The number of para-hydroxylation sites is 1. The highest BCUT2D eigenvalue weighted by molar-refractivity contribution is 6.07. The molecule has 126 valence electrons. The molecule has 1 aromatic heterocycles. The summed E-state index contributed by atoms with van der Waals surface area (Å²) in [7, 11) is 2.08. The zero-order chi connectivity index (χ0) is 16.9. The lowest BCUT2D eigenvalue weighted by molar-refractivity contribution is 0.0666. The number of carbonyl (C=O) groups is 1. The Morgan fingerprint density at radius 3 is 2.79 bits per heavy atom. The number of anilines is 1. The fraction of sp³-hybridized carbons (Fsp3) is 0.389. The van der Waals surface area contributed by atoms with Crippen LogP contribution in [0.3, 0.4) is 0 Å². The van der Waals surface area contributed by atoms with Crippen molar-refractivity contribution in [3.63, 3.8) is 0 Å². The Bertz CT molecular complexity index is 750. The lowest BCUT2D eigenvalue weighted by atomic mass is 10.1. The van der Waals surface area contributed by atoms with Gasteiger partial charge in [0.25, 0.3) is 5.91 Å². The van der Waals surface area contributed by atoms with Gasteiger partial charge in [-0.3, -0.25) is 10.2 Å². The molecular formula is C18H23N5O. The van der Waals surface area contributed by atoms with Crippen LogP contribution in [-0.2, 0) is 0 Å². The number of aromatic nitrogens is 1. The van der Waals surface area contributed by atoms with E-state index in [1.807, 2.05) is 36.1 Å². The zero-order valence-electron chi connectivity index (χ0n) is 14.2. The maximum absolute atomic E-state index is 13.0. The highest BCUT2D eigenvalue weighted by Crippen LogP contribution is 2.22. The summed E-state index contributed by atoms with van der Waals surface area (Å²) in [5.41, 5.74) is 4.40. The molecule has 1 saturated heterocycles. The monoisotopic (exact) mass is 325 g/mol. The minimum Gasteiger partial charge on any atom is -0.336 e. The van der Waals surface area contributed by atoms with Gasteiger partial charge < -0.3 is 9.80 Å². The highest BCUT2D eigenvalue weighted by Gasteiger charge is 2.22. The van der Waals surface area contributed by atoms with Gasteiger partial charge in [0.1, 0.15) is 5.82 Å². The van der Waals surface area contributed by atoms with E-state index in [4.69, 9.17) is 0 Å². The van der Waals surface area contributed by atoms with Crippen molar-refractivity contribution < 1.29 is 4.79 Å². The van der Waals surface area contributed by atoms with Gasteiger partial charge in [-0.2, -0.15) is 5.10 Å². The van der Waals surface area contributed by atoms with Crippen LogP contribution in [0.1, 0.15) is 23.7 Å². The van der Waals surface area contributed by atoms with Gasteiger partial charge in [-0.05, 0) is 25.6 Å². The number of fused-ring (bicyclic) bond motifs is 1. The molecule has 1 aliphatic heterocycles. The fourth-order valence-electron chi connectivity index (χ4n) is 2.79. The number of benzene rings is 1. The number of hydrazone groups is 1. The van der Waals surface area contributed by atoms with E-state index in [2.05, 4.69) is 27.5 Å². The number of piperazine rings is 1. The number of rotatable bonds is 4. The Balaban J connectivity index is 1.95. The van der Waals surface area contributed by atoms with E-state index in [1.54, 1.807) is 12.3 Å². The van der Waals surface area contributed by atoms with E-state index in [-0.39, 0.29) is 5.91 Å².